The number of rotatable bonds is 5. The van der Waals surface area contributed by atoms with Gasteiger partial charge in [-0.05, 0) is 31.6 Å². The standard InChI is InChI=1S/C12H18N4O2S/c1-13-11-6-5-10(16(17)18)12(15-11)14-8-3-4-9(7-8)19-2/h5-6,8-9H,3-4,7H2,1-2H3,(H2,13,14,15). The predicted octanol–water partition coefficient (Wildman–Crippen LogP) is 2.73. The molecular formula is C12H18N4O2S. The van der Waals surface area contributed by atoms with Crippen LogP contribution in [0.15, 0.2) is 12.1 Å². The molecule has 6 nitrogen and oxygen atoms in total. The zero-order chi connectivity index (χ0) is 13.8. The van der Waals surface area contributed by atoms with E-state index in [4.69, 9.17) is 0 Å². The highest BCUT2D eigenvalue weighted by atomic mass is 32.2. The van der Waals surface area contributed by atoms with Crippen molar-refractivity contribution in [1.82, 2.24) is 4.98 Å². The van der Waals surface area contributed by atoms with Crippen molar-refractivity contribution in [2.24, 2.45) is 0 Å². The maximum Gasteiger partial charge on any atom is 0.311 e. The van der Waals surface area contributed by atoms with Gasteiger partial charge in [0.05, 0.1) is 4.92 Å². The first-order valence-electron chi connectivity index (χ1n) is 6.26. The SMILES string of the molecule is CNc1ccc([N+](=O)[O-])c(NC2CCC(SC)C2)n1. The molecule has 0 aromatic carbocycles. The summed E-state index contributed by atoms with van der Waals surface area (Å²) in [5.41, 5.74) is 0.0339. The molecule has 2 atom stereocenters. The summed E-state index contributed by atoms with van der Waals surface area (Å²) >= 11 is 1.86. The maximum absolute atomic E-state index is 11.0. The van der Waals surface area contributed by atoms with Gasteiger partial charge in [0, 0.05) is 24.4 Å². The van der Waals surface area contributed by atoms with Crippen molar-refractivity contribution in [3.8, 4) is 0 Å². The van der Waals surface area contributed by atoms with Gasteiger partial charge in [-0.1, -0.05) is 0 Å². The van der Waals surface area contributed by atoms with Crippen molar-refractivity contribution in [3.63, 3.8) is 0 Å². The molecule has 2 rings (SSSR count). The van der Waals surface area contributed by atoms with Crippen LogP contribution in [-0.2, 0) is 0 Å². The van der Waals surface area contributed by atoms with Crippen LogP contribution in [0.25, 0.3) is 0 Å². The van der Waals surface area contributed by atoms with Gasteiger partial charge >= 0.3 is 5.69 Å². The smallest absolute Gasteiger partial charge is 0.311 e. The molecule has 19 heavy (non-hydrogen) atoms. The van der Waals surface area contributed by atoms with E-state index in [-0.39, 0.29) is 11.7 Å². The molecule has 0 bridgehead atoms. The largest absolute Gasteiger partial charge is 0.373 e. The fourth-order valence-electron chi connectivity index (χ4n) is 2.32. The molecule has 2 unspecified atom stereocenters. The molecule has 7 heteroatoms. The number of hydrogen-bond donors (Lipinski definition) is 2. The lowest BCUT2D eigenvalue weighted by Crippen LogP contribution is -2.18. The van der Waals surface area contributed by atoms with Crippen LogP contribution in [0.1, 0.15) is 19.3 Å². The Morgan fingerprint density at radius 1 is 1.47 bits per heavy atom. The first-order chi connectivity index (χ1) is 9.13. The number of aromatic nitrogens is 1. The van der Waals surface area contributed by atoms with Crippen LogP contribution in [0.5, 0.6) is 0 Å². The summed E-state index contributed by atoms with van der Waals surface area (Å²) in [6.07, 6.45) is 5.33. The number of nitrogens with zero attached hydrogens (tertiary/aromatic N) is 2. The Hall–Kier alpha value is -1.50. The maximum atomic E-state index is 11.0. The van der Waals surface area contributed by atoms with Gasteiger partial charge in [-0.15, -0.1) is 0 Å². The van der Waals surface area contributed by atoms with Crippen LogP contribution in [-0.4, -0.2) is 34.5 Å². The summed E-state index contributed by atoms with van der Waals surface area (Å²) in [7, 11) is 1.75. The van der Waals surface area contributed by atoms with Crippen molar-refractivity contribution >= 4 is 29.1 Å². The third kappa shape index (κ3) is 3.28. The minimum absolute atomic E-state index is 0.0339. The molecule has 1 saturated carbocycles. The van der Waals surface area contributed by atoms with E-state index in [2.05, 4.69) is 21.9 Å². The van der Waals surface area contributed by atoms with Crippen molar-refractivity contribution in [2.45, 2.75) is 30.6 Å². The van der Waals surface area contributed by atoms with E-state index >= 15 is 0 Å². The molecule has 1 aliphatic rings. The fraction of sp³-hybridized carbons (Fsp3) is 0.583. The molecule has 0 saturated heterocycles. The van der Waals surface area contributed by atoms with E-state index < -0.39 is 4.92 Å². The number of nitro groups is 1. The van der Waals surface area contributed by atoms with Crippen molar-refractivity contribution in [3.05, 3.63) is 22.2 Å². The molecule has 0 spiro atoms. The molecule has 1 aromatic rings. The number of thioether (sulfide) groups is 1. The number of pyridine rings is 1. The van der Waals surface area contributed by atoms with E-state index in [1.165, 1.54) is 6.07 Å². The highest BCUT2D eigenvalue weighted by molar-refractivity contribution is 7.99. The van der Waals surface area contributed by atoms with Crippen molar-refractivity contribution < 1.29 is 4.92 Å². The predicted molar refractivity (Wildman–Crippen MR) is 79.0 cm³/mol. The highest BCUT2D eigenvalue weighted by Crippen LogP contribution is 2.32. The molecule has 104 valence electrons. The average Bonchev–Trinajstić information content (AvgIpc) is 2.86. The quantitative estimate of drug-likeness (QED) is 0.638. The second-order valence-electron chi connectivity index (χ2n) is 4.58. The Bertz CT molecular complexity index is 469. The molecule has 1 aliphatic carbocycles. The second kappa shape index (κ2) is 6.10. The van der Waals surface area contributed by atoms with Gasteiger partial charge in [0.25, 0.3) is 0 Å². The van der Waals surface area contributed by atoms with Crippen LogP contribution in [0.3, 0.4) is 0 Å². The lowest BCUT2D eigenvalue weighted by atomic mass is 10.2. The first kappa shape index (κ1) is 13.9. The van der Waals surface area contributed by atoms with Crippen LogP contribution in [0.4, 0.5) is 17.3 Å². The summed E-state index contributed by atoms with van der Waals surface area (Å²) in [6, 6.07) is 3.38. The topological polar surface area (TPSA) is 80.1 Å². The number of nitrogens with one attached hydrogen (secondary N) is 2. The molecule has 0 aliphatic heterocycles. The van der Waals surface area contributed by atoms with Crippen LogP contribution in [0.2, 0.25) is 0 Å². The van der Waals surface area contributed by atoms with Gasteiger partial charge in [0.2, 0.25) is 5.82 Å². The highest BCUT2D eigenvalue weighted by Gasteiger charge is 2.26. The monoisotopic (exact) mass is 282 g/mol. The van der Waals surface area contributed by atoms with Gasteiger partial charge in [-0.2, -0.15) is 11.8 Å². The van der Waals surface area contributed by atoms with E-state index in [9.17, 15) is 10.1 Å². The molecular weight excluding hydrogens is 264 g/mol. The minimum Gasteiger partial charge on any atom is -0.373 e. The van der Waals surface area contributed by atoms with Gasteiger partial charge in [-0.25, -0.2) is 4.98 Å². The summed E-state index contributed by atoms with van der Waals surface area (Å²) < 4.78 is 0. The molecule has 0 radical (unpaired) electrons. The summed E-state index contributed by atoms with van der Waals surface area (Å²) in [4.78, 5) is 14.9. The van der Waals surface area contributed by atoms with Crippen LogP contribution < -0.4 is 10.6 Å². The van der Waals surface area contributed by atoms with Crippen molar-refractivity contribution in [1.29, 1.82) is 0 Å². The zero-order valence-corrected chi connectivity index (χ0v) is 11.9. The van der Waals surface area contributed by atoms with Crippen LogP contribution in [0, 0.1) is 10.1 Å². The zero-order valence-electron chi connectivity index (χ0n) is 11.0. The van der Waals surface area contributed by atoms with Gasteiger partial charge in [-0.3, -0.25) is 10.1 Å². The molecule has 1 fully saturated rings. The van der Waals surface area contributed by atoms with E-state index in [1.807, 2.05) is 11.8 Å². The normalized spacial score (nSPS) is 22.2. The van der Waals surface area contributed by atoms with Crippen molar-refractivity contribution in [2.75, 3.05) is 23.9 Å². The third-order valence-electron chi connectivity index (χ3n) is 3.39. The Morgan fingerprint density at radius 3 is 2.84 bits per heavy atom. The molecule has 1 heterocycles. The second-order valence-corrected chi connectivity index (χ2v) is 5.72. The molecule has 0 amide bonds. The number of anilines is 2. The number of hydrogen-bond acceptors (Lipinski definition) is 6. The Balaban J connectivity index is 2.16. The first-order valence-corrected chi connectivity index (χ1v) is 7.55. The van der Waals surface area contributed by atoms with Gasteiger partial charge in [0.15, 0.2) is 0 Å². The lowest BCUT2D eigenvalue weighted by molar-refractivity contribution is -0.384. The average molecular weight is 282 g/mol. The Kier molecular flexibility index (Phi) is 4.47. The summed E-state index contributed by atoms with van der Waals surface area (Å²) in [5, 5.41) is 17.8. The van der Waals surface area contributed by atoms with Crippen LogP contribution >= 0.6 is 11.8 Å². The minimum atomic E-state index is -0.393. The third-order valence-corrected chi connectivity index (χ3v) is 4.48. The lowest BCUT2D eigenvalue weighted by Gasteiger charge is -2.14. The molecule has 1 aromatic heterocycles. The van der Waals surface area contributed by atoms with Gasteiger partial charge in [0.1, 0.15) is 5.82 Å². The van der Waals surface area contributed by atoms with Gasteiger partial charge < -0.3 is 10.6 Å². The van der Waals surface area contributed by atoms with E-state index in [0.717, 1.165) is 19.3 Å². The summed E-state index contributed by atoms with van der Waals surface area (Å²) in [5.74, 6) is 0.996. The van der Waals surface area contributed by atoms with E-state index in [1.54, 1.807) is 13.1 Å². The fourth-order valence-corrected chi connectivity index (χ4v) is 3.12. The Morgan fingerprint density at radius 2 is 2.26 bits per heavy atom. The van der Waals surface area contributed by atoms with E-state index in [0.29, 0.717) is 16.9 Å². The molecule has 2 N–H and O–H groups in total. The Labute approximate surface area is 116 Å². The summed E-state index contributed by atoms with van der Waals surface area (Å²) in [6.45, 7) is 0.